The van der Waals surface area contributed by atoms with Gasteiger partial charge in [0.1, 0.15) is 16.4 Å². The normalized spacial score (nSPS) is 14.3. The summed E-state index contributed by atoms with van der Waals surface area (Å²) in [5, 5.41) is 11.9. The first-order valence-electron chi connectivity index (χ1n) is 11.6. The van der Waals surface area contributed by atoms with Crippen LogP contribution in [0.2, 0.25) is 5.02 Å². The van der Waals surface area contributed by atoms with E-state index in [1.165, 1.54) is 28.9 Å². The number of nitrogens with zero attached hydrogens (tertiary/aromatic N) is 3. The maximum absolute atomic E-state index is 14.0. The fraction of sp³-hybridized carbons (Fsp3) is 0.296. The highest BCUT2D eigenvalue weighted by atomic mass is 35.5. The van der Waals surface area contributed by atoms with E-state index in [2.05, 4.69) is 44.0 Å². The van der Waals surface area contributed by atoms with E-state index in [0.29, 0.717) is 37.8 Å². The second kappa shape index (κ2) is 7.93. The Morgan fingerprint density at radius 1 is 1.23 bits per heavy atom. The van der Waals surface area contributed by atoms with E-state index >= 15 is 0 Å². The third kappa shape index (κ3) is 3.74. The van der Waals surface area contributed by atoms with Crippen molar-refractivity contribution in [3.05, 3.63) is 75.2 Å². The van der Waals surface area contributed by atoms with Gasteiger partial charge in [-0.25, -0.2) is 9.97 Å². The van der Waals surface area contributed by atoms with Crippen LogP contribution in [-0.2, 0) is 12.0 Å². The average molecular weight is 506 g/mol. The van der Waals surface area contributed by atoms with Crippen LogP contribution >= 0.6 is 22.9 Å². The summed E-state index contributed by atoms with van der Waals surface area (Å²) in [6.07, 6.45) is 5.23. The van der Waals surface area contributed by atoms with E-state index < -0.39 is 0 Å². The molecule has 0 atom stereocenters. The number of phenolic OH excluding ortho intramolecular Hbond substituents is 1. The third-order valence-corrected chi connectivity index (χ3v) is 8.07. The summed E-state index contributed by atoms with van der Waals surface area (Å²) >= 11 is 7.44. The van der Waals surface area contributed by atoms with E-state index in [0.717, 1.165) is 18.4 Å². The monoisotopic (exact) mass is 505 g/mol. The minimum absolute atomic E-state index is 0.0152. The van der Waals surface area contributed by atoms with Gasteiger partial charge in [-0.3, -0.25) is 9.36 Å². The van der Waals surface area contributed by atoms with Gasteiger partial charge < -0.3 is 9.52 Å². The molecule has 1 fully saturated rings. The molecular weight excluding hydrogens is 482 g/mol. The van der Waals surface area contributed by atoms with Crippen molar-refractivity contribution in [3.63, 3.8) is 0 Å². The van der Waals surface area contributed by atoms with E-state index in [4.69, 9.17) is 21.0 Å². The van der Waals surface area contributed by atoms with Crippen molar-refractivity contribution in [2.24, 2.45) is 0 Å². The van der Waals surface area contributed by atoms with Crippen molar-refractivity contribution < 1.29 is 9.52 Å². The van der Waals surface area contributed by atoms with Gasteiger partial charge in [0.2, 0.25) is 0 Å². The van der Waals surface area contributed by atoms with Crippen LogP contribution in [0.5, 0.6) is 5.75 Å². The predicted octanol–water partition coefficient (Wildman–Crippen LogP) is 6.85. The molecule has 0 spiro atoms. The fourth-order valence-electron chi connectivity index (χ4n) is 4.58. The lowest BCUT2D eigenvalue weighted by molar-refractivity contribution is 0.482. The summed E-state index contributed by atoms with van der Waals surface area (Å²) in [7, 11) is 0. The SMILES string of the molecule is CC(C)(C)c1ccc(-c2nc3sc4c(O)c(Cl)ccc4c3c(=O)n2Cc2cnco2)c(C2CC2)c1. The number of aromatic nitrogens is 3. The van der Waals surface area contributed by atoms with Crippen LogP contribution in [0.25, 0.3) is 31.7 Å². The average Bonchev–Trinajstić information content (AvgIpc) is 3.40. The number of rotatable bonds is 4. The highest BCUT2D eigenvalue weighted by Crippen LogP contribution is 2.46. The molecule has 1 saturated carbocycles. The molecule has 6 rings (SSSR count). The summed E-state index contributed by atoms with van der Waals surface area (Å²) < 4.78 is 7.73. The molecule has 0 unspecified atom stereocenters. The van der Waals surface area contributed by atoms with Crippen molar-refractivity contribution in [2.45, 2.75) is 51.5 Å². The van der Waals surface area contributed by atoms with Crippen LogP contribution < -0.4 is 5.56 Å². The molecule has 178 valence electrons. The Balaban J connectivity index is 1.67. The van der Waals surface area contributed by atoms with Gasteiger partial charge in [0.05, 0.1) is 27.9 Å². The largest absolute Gasteiger partial charge is 0.505 e. The number of thiophene rings is 1. The maximum atomic E-state index is 14.0. The number of hydrogen-bond donors (Lipinski definition) is 1. The van der Waals surface area contributed by atoms with Gasteiger partial charge >= 0.3 is 0 Å². The second-order valence-corrected chi connectivity index (χ2v) is 11.6. The molecule has 5 aromatic rings. The predicted molar refractivity (Wildman–Crippen MR) is 140 cm³/mol. The smallest absolute Gasteiger partial charge is 0.263 e. The standard InChI is InChI=1S/C27H24ClN3O3S/c1-27(2,3)15-6-7-17(19(10-15)14-4-5-14)24-30-25-21(18-8-9-20(28)22(32)23(18)35-25)26(33)31(24)12-16-11-29-13-34-16/h6-11,13-14,32H,4-5,12H2,1-3H3. The summed E-state index contributed by atoms with van der Waals surface area (Å²) in [4.78, 5) is 23.6. The summed E-state index contributed by atoms with van der Waals surface area (Å²) in [5.74, 6) is 1.60. The number of fused-ring (bicyclic) bond motifs is 3. The molecule has 35 heavy (non-hydrogen) atoms. The van der Waals surface area contributed by atoms with Crippen LogP contribution in [0.3, 0.4) is 0 Å². The zero-order chi connectivity index (χ0) is 24.5. The van der Waals surface area contributed by atoms with Crippen molar-refractivity contribution in [3.8, 4) is 17.1 Å². The molecule has 2 aromatic carbocycles. The quantitative estimate of drug-likeness (QED) is 0.289. The maximum Gasteiger partial charge on any atom is 0.263 e. The Morgan fingerprint density at radius 3 is 2.71 bits per heavy atom. The second-order valence-electron chi connectivity index (χ2n) is 10.2. The molecular formula is C27H24ClN3O3S. The summed E-state index contributed by atoms with van der Waals surface area (Å²) in [6, 6.07) is 9.88. The van der Waals surface area contributed by atoms with Gasteiger partial charge in [-0.1, -0.05) is 56.6 Å². The van der Waals surface area contributed by atoms with Gasteiger partial charge in [-0.2, -0.15) is 0 Å². The lowest BCUT2D eigenvalue weighted by atomic mass is 9.84. The Labute approximate surface area is 210 Å². The molecule has 6 nitrogen and oxygen atoms in total. The zero-order valence-electron chi connectivity index (χ0n) is 19.6. The number of benzene rings is 2. The molecule has 3 aromatic heterocycles. The lowest BCUT2D eigenvalue weighted by Gasteiger charge is -2.22. The highest BCUT2D eigenvalue weighted by Gasteiger charge is 2.30. The van der Waals surface area contributed by atoms with Crippen molar-refractivity contribution in [1.29, 1.82) is 0 Å². The Kier molecular flexibility index (Phi) is 5.06. The molecule has 0 amide bonds. The van der Waals surface area contributed by atoms with Crippen molar-refractivity contribution in [1.82, 2.24) is 14.5 Å². The first-order chi connectivity index (χ1) is 16.7. The van der Waals surface area contributed by atoms with E-state index in [1.807, 2.05) is 0 Å². The Bertz CT molecular complexity index is 1660. The van der Waals surface area contributed by atoms with E-state index in [-0.39, 0.29) is 28.3 Å². The number of hydrogen-bond acceptors (Lipinski definition) is 6. The van der Waals surface area contributed by atoms with Crippen molar-refractivity contribution >= 4 is 43.2 Å². The Hall–Kier alpha value is -3.16. The summed E-state index contributed by atoms with van der Waals surface area (Å²) in [5.41, 5.74) is 3.27. The molecule has 8 heteroatoms. The third-order valence-electron chi connectivity index (χ3n) is 6.66. The Morgan fingerprint density at radius 2 is 2.03 bits per heavy atom. The van der Waals surface area contributed by atoms with Gasteiger partial charge in [0.15, 0.2) is 12.1 Å². The van der Waals surface area contributed by atoms with Crippen LogP contribution in [-0.4, -0.2) is 19.6 Å². The van der Waals surface area contributed by atoms with Gasteiger partial charge in [-0.05, 0) is 41.4 Å². The zero-order valence-corrected chi connectivity index (χ0v) is 21.2. The van der Waals surface area contributed by atoms with Gasteiger partial charge in [0, 0.05) is 10.9 Å². The number of halogens is 1. The van der Waals surface area contributed by atoms with Crippen LogP contribution in [0.15, 0.2) is 52.1 Å². The topological polar surface area (TPSA) is 81.2 Å². The van der Waals surface area contributed by atoms with E-state index in [9.17, 15) is 9.90 Å². The number of oxazole rings is 1. The fourth-order valence-corrected chi connectivity index (χ4v) is 5.90. The van der Waals surface area contributed by atoms with Gasteiger partial charge in [-0.15, -0.1) is 11.3 Å². The number of aromatic hydroxyl groups is 1. The highest BCUT2D eigenvalue weighted by molar-refractivity contribution is 7.25. The lowest BCUT2D eigenvalue weighted by Crippen LogP contribution is -2.24. The molecule has 1 aliphatic rings. The van der Waals surface area contributed by atoms with Crippen LogP contribution in [0.1, 0.15) is 56.4 Å². The minimum atomic E-state index is -0.184. The number of phenols is 1. The molecule has 3 heterocycles. The first kappa shape index (κ1) is 22.3. The molecule has 1 N–H and O–H groups in total. The molecule has 0 saturated heterocycles. The van der Waals surface area contributed by atoms with E-state index in [1.54, 1.807) is 22.9 Å². The van der Waals surface area contributed by atoms with Gasteiger partial charge in [0.25, 0.3) is 5.56 Å². The summed E-state index contributed by atoms with van der Waals surface area (Å²) in [6.45, 7) is 6.83. The molecule has 0 aliphatic heterocycles. The molecule has 1 aliphatic carbocycles. The van der Waals surface area contributed by atoms with Crippen molar-refractivity contribution in [2.75, 3.05) is 0 Å². The first-order valence-corrected chi connectivity index (χ1v) is 12.8. The molecule has 0 radical (unpaired) electrons. The van der Waals surface area contributed by atoms with Crippen LogP contribution in [0, 0.1) is 0 Å². The minimum Gasteiger partial charge on any atom is -0.505 e. The molecule has 0 bridgehead atoms. The van der Waals surface area contributed by atoms with Crippen LogP contribution in [0.4, 0.5) is 0 Å².